The van der Waals surface area contributed by atoms with E-state index in [0.29, 0.717) is 0 Å². The zero-order chi connectivity index (χ0) is 14.5. The van der Waals surface area contributed by atoms with E-state index in [2.05, 4.69) is 19.8 Å². The molecule has 1 atom stereocenters. The summed E-state index contributed by atoms with van der Waals surface area (Å²) in [5.74, 6) is 0.817. The van der Waals surface area contributed by atoms with Crippen LogP contribution in [0.3, 0.4) is 0 Å². The highest BCUT2D eigenvalue weighted by Crippen LogP contribution is 2.34. The fourth-order valence-electron chi connectivity index (χ4n) is 3.30. The Balaban J connectivity index is 1.68. The Morgan fingerprint density at radius 1 is 1.29 bits per heavy atom. The first-order valence-electron chi connectivity index (χ1n) is 7.62. The van der Waals surface area contributed by atoms with Gasteiger partial charge in [0.25, 0.3) is 0 Å². The Hall–Kier alpha value is -1.24. The van der Waals surface area contributed by atoms with Crippen molar-refractivity contribution in [2.45, 2.75) is 6.42 Å². The molecule has 6 nitrogen and oxygen atoms in total. The van der Waals surface area contributed by atoms with Crippen LogP contribution in [-0.4, -0.2) is 74.5 Å². The van der Waals surface area contributed by atoms with E-state index in [4.69, 9.17) is 9.47 Å². The van der Waals surface area contributed by atoms with Gasteiger partial charge in [-0.3, -0.25) is 0 Å². The summed E-state index contributed by atoms with van der Waals surface area (Å²) in [7, 11) is 1.76. The third-order valence-corrected chi connectivity index (χ3v) is 4.40. The lowest BCUT2D eigenvalue weighted by atomic mass is 9.87. The van der Waals surface area contributed by atoms with Gasteiger partial charge in [0, 0.05) is 51.1 Å². The smallest absolute Gasteiger partial charge is 0.225 e. The van der Waals surface area contributed by atoms with E-state index < -0.39 is 0 Å². The molecule has 0 amide bonds. The molecule has 0 N–H and O–H groups in total. The van der Waals surface area contributed by atoms with Crippen molar-refractivity contribution in [3.8, 4) is 0 Å². The number of aromatic nitrogens is 2. The molecule has 1 spiro atoms. The summed E-state index contributed by atoms with van der Waals surface area (Å²) in [6, 6.07) is 1.86. The van der Waals surface area contributed by atoms with Crippen molar-refractivity contribution in [3.63, 3.8) is 0 Å². The van der Waals surface area contributed by atoms with Crippen molar-refractivity contribution < 1.29 is 9.47 Å². The maximum atomic E-state index is 5.88. The largest absolute Gasteiger partial charge is 0.383 e. The second-order valence-electron chi connectivity index (χ2n) is 6.04. The molecule has 0 unspecified atom stereocenters. The third kappa shape index (κ3) is 3.51. The number of ether oxygens (including phenoxy) is 2. The Labute approximate surface area is 126 Å². The first-order valence-corrected chi connectivity index (χ1v) is 7.62. The number of anilines is 1. The minimum atomic E-state index is 0.198. The fourth-order valence-corrected chi connectivity index (χ4v) is 3.30. The van der Waals surface area contributed by atoms with Crippen LogP contribution in [0.25, 0.3) is 0 Å². The van der Waals surface area contributed by atoms with E-state index >= 15 is 0 Å². The SMILES string of the molecule is COCCN1CC[C@@]2(COCCN(c3ncccn3)C2)C1. The molecule has 3 heterocycles. The molecular formula is C15H24N4O2. The van der Waals surface area contributed by atoms with Crippen molar-refractivity contribution in [1.82, 2.24) is 14.9 Å². The van der Waals surface area contributed by atoms with E-state index in [0.717, 1.165) is 58.5 Å². The van der Waals surface area contributed by atoms with Gasteiger partial charge in [0.2, 0.25) is 5.95 Å². The van der Waals surface area contributed by atoms with Gasteiger partial charge in [-0.25, -0.2) is 9.97 Å². The molecule has 0 radical (unpaired) electrons. The summed E-state index contributed by atoms with van der Waals surface area (Å²) >= 11 is 0. The molecule has 6 heteroatoms. The Morgan fingerprint density at radius 2 is 2.14 bits per heavy atom. The van der Waals surface area contributed by atoms with Gasteiger partial charge in [-0.15, -0.1) is 0 Å². The number of likely N-dealkylation sites (tertiary alicyclic amines) is 1. The highest BCUT2D eigenvalue weighted by Gasteiger charge is 2.41. The zero-order valence-electron chi connectivity index (χ0n) is 12.7. The molecule has 2 aliphatic rings. The van der Waals surface area contributed by atoms with Gasteiger partial charge >= 0.3 is 0 Å². The molecule has 2 aliphatic heterocycles. The summed E-state index contributed by atoms with van der Waals surface area (Å²) in [6.45, 7) is 7.40. The fraction of sp³-hybridized carbons (Fsp3) is 0.733. The van der Waals surface area contributed by atoms with Crippen molar-refractivity contribution in [2.75, 3.05) is 64.6 Å². The molecule has 1 aromatic heterocycles. The normalized spacial score (nSPS) is 27.2. The van der Waals surface area contributed by atoms with E-state index in [9.17, 15) is 0 Å². The lowest BCUT2D eigenvalue weighted by Crippen LogP contribution is -2.41. The van der Waals surface area contributed by atoms with Crippen LogP contribution >= 0.6 is 0 Å². The van der Waals surface area contributed by atoms with Gasteiger partial charge in [0.15, 0.2) is 0 Å². The van der Waals surface area contributed by atoms with Gasteiger partial charge in [0.05, 0.1) is 19.8 Å². The first-order chi connectivity index (χ1) is 10.3. The van der Waals surface area contributed by atoms with E-state index in [1.54, 1.807) is 19.5 Å². The van der Waals surface area contributed by atoms with E-state index in [1.165, 1.54) is 6.42 Å². The average molecular weight is 292 g/mol. The number of hydrogen-bond acceptors (Lipinski definition) is 6. The van der Waals surface area contributed by atoms with Gasteiger partial charge in [-0.05, 0) is 19.0 Å². The van der Waals surface area contributed by atoms with Crippen LogP contribution < -0.4 is 4.90 Å². The minimum Gasteiger partial charge on any atom is -0.383 e. The van der Waals surface area contributed by atoms with Crippen LogP contribution in [0, 0.1) is 5.41 Å². The summed E-state index contributed by atoms with van der Waals surface area (Å²) in [5, 5.41) is 0. The first kappa shape index (κ1) is 14.7. The maximum Gasteiger partial charge on any atom is 0.225 e. The highest BCUT2D eigenvalue weighted by atomic mass is 16.5. The van der Waals surface area contributed by atoms with E-state index in [1.807, 2.05) is 6.07 Å². The number of hydrogen-bond donors (Lipinski definition) is 0. The molecule has 1 aromatic rings. The van der Waals surface area contributed by atoms with Crippen molar-refractivity contribution in [3.05, 3.63) is 18.5 Å². The topological polar surface area (TPSA) is 50.7 Å². The molecule has 0 saturated carbocycles. The highest BCUT2D eigenvalue weighted by molar-refractivity contribution is 5.29. The molecule has 0 aliphatic carbocycles. The third-order valence-electron chi connectivity index (χ3n) is 4.40. The van der Waals surface area contributed by atoms with Crippen molar-refractivity contribution in [1.29, 1.82) is 0 Å². The summed E-state index contributed by atoms with van der Waals surface area (Å²) in [6.07, 6.45) is 4.78. The Kier molecular flexibility index (Phi) is 4.67. The van der Waals surface area contributed by atoms with E-state index in [-0.39, 0.29) is 5.41 Å². The standard InChI is InChI=1S/C15H24N4O2/c1-20-9-7-18-6-3-15(11-18)12-19(8-10-21-13-15)14-16-4-2-5-17-14/h2,4-5H,3,6-13H2,1H3/t15-/m1/s1. The Morgan fingerprint density at radius 3 is 2.95 bits per heavy atom. The molecule has 21 heavy (non-hydrogen) atoms. The lowest BCUT2D eigenvalue weighted by Gasteiger charge is -2.31. The van der Waals surface area contributed by atoms with Crippen LogP contribution in [0.5, 0.6) is 0 Å². The molecule has 0 aromatic carbocycles. The summed E-state index contributed by atoms with van der Waals surface area (Å²) < 4.78 is 11.1. The van der Waals surface area contributed by atoms with Crippen molar-refractivity contribution in [2.24, 2.45) is 5.41 Å². The van der Waals surface area contributed by atoms with Crippen LogP contribution in [-0.2, 0) is 9.47 Å². The molecule has 2 saturated heterocycles. The van der Waals surface area contributed by atoms with Gasteiger partial charge in [0.1, 0.15) is 0 Å². The molecule has 116 valence electrons. The van der Waals surface area contributed by atoms with Crippen molar-refractivity contribution >= 4 is 5.95 Å². The van der Waals surface area contributed by atoms with Crippen LogP contribution in [0.4, 0.5) is 5.95 Å². The molecule has 0 bridgehead atoms. The van der Waals surface area contributed by atoms with Gasteiger partial charge < -0.3 is 19.3 Å². The number of nitrogens with zero attached hydrogens (tertiary/aromatic N) is 4. The second-order valence-corrected chi connectivity index (χ2v) is 6.04. The van der Waals surface area contributed by atoms with Crippen LogP contribution in [0.2, 0.25) is 0 Å². The predicted molar refractivity (Wildman–Crippen MR) is 80.4 cm³/mol. The van der Waals surface area contributed by atoms with Gasteiger partial charge in [-0.1, -0.05) is 0 Å². The average Bonchev–Trinajstić information content (AvgIpc) is 2.79. The Bertz CT molecular complexity index is 445. The number of methoxy groups -OCH3 is 1. The number of rotatable bonds is 4. The predicted octanol–water partition coefficient (Wildman–Crippen LogP) is 0.652. The molecule has 2 fully saturated rings. The molecular weight excluding hydrogens is 268 g/mol. The lowest BCUT2D eigenvalue weighted by molar-refractivity contribution is 0.0707. The zero-order valence-corrected chi connectivity index (χ0v) is 12.7. The van der Waals surface area contributed by atoms with Crippen LogP contribution in [0.15, 0.2) is 18.5 Å². The molecule has 3 rings (SSSR count). The van der Waals surface area contributed by atoms with Crippen LogP contribution in [0.1, 0.15) is 6.42 Å². The summed E-state index contributed by atoms with van der Waals surface area (Å²) in [5.41, 5.74) is 0.198. The minimum absolute atomic E-state index is 0.198. The van der Waals surface area contributed by atoms with Gasteiger partial charge in [-0.2, -0.15) is 0 Å². The summed E-state index contributed by atoms with van der Waals surface area (Å²) in [4.78, 5) is 13.5. The maximum absolute atomic E-state index is 5.88. The monoisotopic (exact) mass is 292 g/mol. The second kappa shape index (κ2) is 6.68. The quantitative estimate of drug-likeness (QED) is 0.812.